The summed E-state index contributed by atoms with van der Waals surface area (Å²) in [5, 5.41) is 2.86. The van der Waals surface area contributed by atoms with E-state index in [9.17, 15) is 14.4 Å². The van der Waals surface area contributed by atoms with E-state index in [-0.39, 0.29) is 24.8 Å². The van der Waals surface area contributed by atoms with Crippen molar-refractivity contribution in [3.8, 4) is 0 Å². The summed E-state index contributed by atoms with van der Waals surface area (Å²) >= 11 is 0. The molecule has 0 spiro atoms. The van der Waals surface area contributed by atoms with Crippen molar-refractivity contribution < 1.29 is 19.1 Å². The van der Waals surface area contributed by atoms with Gasteiger partial charge in [0.15, 0.2) is 0 Å². The van der Waals surface area contributed by atoms with E-state index in [1.165, 1.54) is 0 Å². The van der Waals surface area contributed by atoms with Gasteiger partial charge in [-0.1, -0.05) is 72.8 Å². The number of carbonyl (C=O) groups is 3. The minimum atomic E-state index is -0.899. The maximum absolute atomic E-state index is 13.3. The van der Waals surface area contributed by atoms with Crippen molar-refractivity contribution in [2.24, 2.45) is 0 Å². The van der Waals surface area contributed by atoms with E-state index in [0.717, 1.165) is 16.7 Å². The maximum Gasteiger partial charge on any atom is 0.329 e. The zero-order chi connectivity index (χ0) is 24.6. The van der Waals surface area contributed by atoms with E-state index in [2.05, 4.69) is 5.32 Å². The maximum atomic E-state index is 13.3. The van der Waals surface area contributed by atoms with Crippen molar-refractivity contribution in [1.29, 1.82) is 0 Å². The second kappa shape index (κ2) is 11.3. The molecule has 1 heterocycles. The van der Waals surface area contributed by atoms with Gasteiger partial charge in [-0.3, -0.25) is 9.59 Å². The number of amides is 2. The standard InChI is InChI=1S/C28H29N3O4/c29-23-13-11-20(12-14-23)17-24(28(34)35-19-22-9-5-2-6-10-22)30-27(33)25-15-16-26(32)31(25)18-21-7-3-1-4-8-21/h1-14,24-25H,15-19,29H2,(H,30,33)/t24-,25-/m0/s1. The topological polar surface area (TPSA) is 102 Å². The highest BCUT2D eigenvalue weighted by atomic mass is 16.5. The molecule has 1 saturated heterocycles. The molecule has 0 aliphatic carbocycles. The Labute approximate surface area is 204 Å². The molecule has 2 amide bonds. The molecule has 1 fully saturated rings. The van der Waals surface area contributed by atoms with Crippen molar-refractivity contribution in [2.45, 2.75) is 44.5 Å². The fourth-order valence-corrected chi connectivity index (χ4v) is 4.16. The number of carbonyl (C=O) groups excluding carboxylic acids is 3. The predicted molar refractivity (Wildman–Crippen MR) is 133 cm³/mol. The molecule has 0 aromatic heterocycles. The van der Waals surface area contributed by atoms with Crippen molar-refractivity contribution in [2.75, 3.05) is 5.73 Å². The minimum Gasteiger partial charge on any atom is -0.459 e. The Balaban J connectivity index is 1.47. The molecule has 3 N–H and O–H groups in total. The summed E-state index contributed by atoms with van der Waals surface area (Å²) in [6, 6.07) is 24.5. The number of hydrogen-bond donors (Lipinski definition) is 2. The number of esters is 1. The molecule has 0 unspecified atom stereocenters. The Kier molecular flexibility index (Phi) is 7.77. The molecule has 4 rings (SSSR count). The SMILES string of the molecule is Nc1ccc(C[C@H](NC(=O)[C@@H]2CCC(=O)N2Cc2ccccc2)C(=O)OCc2ccccc2)cc1. The molecular weight excluding hydrogens is 442 g/mol. The lowest BCUT2D eigenvalue weighted by atomic mass is 10.0. The summed E-state index contributed by atoms with van der Waals surface area (Å²) in [6.07, 6.45) is 0.955. The lowest BCUT2D eigenvalue weighted by molar-refractivity contribution is -0.149. The van der Waals surface area contributed by atoms with Crippen LogP contribution in [0.4, 0.5) is 5.69 Å². The average Bonchev–Trinajstić information content (AvgIpc) is 3.24. The Bertz CT molecular complexity index is 1150. The minimum absolute atomic E-state index is 0.0734. The quantitative estimate of drug-likeness (QED) is 0.369. The first-order chi connectivity index (χ1) is 17.0. The van der Waals surface area contributed by atoms with Crippen LogP contribution >= 0.6 is 0 Å². The van der Waals surface area contributed by atoms with Crippen molar-refractivity contribution in [3.05, 3.63) is 102 Å². The summed E-state index contributed by atoms with van der Waals surface area (Å²) in [5.74, 6) is -0.961. The summed E-state index contributed by atoms with van der Waals surface area (Å²) in [5.41, 5.74) is 9.04. The molecule has 7 nitrogen and oxygen atoms in total. The van der Waals surface area contributed by atoms with Crippen LogP contribution in [0.1, 0.15) is 29.5 Å². The van der Waals surface area contributed by atoms with Gasteiger partial charge in [-0.25, -0.2) is 4.79 Å². The highest BCUT2D eigenvalue weighted by Gasteiger charge is 2.37. The summed E-state index contributed by atoms with van der Waals surface area (Å²) < 4.78 is 5.53. The molecule has 7 heteroatoms. The summed E-state index contributed by atoms with van der Waals surface area (Å²) in [7, 11) is 0. The van der Waals surface area contributed by atoms with Crippen LogP contribution in [-0.2, 0) is 38.7 Å². The third-order valence-corrected chi connectivity index (χ3v) is 6.07. The molecule has 1 aliphatic rings. The number of nitrogen functional groups attached to an aromatic ring is 1. The van der Waals surface area contributed by atoms with Gasteiger partial charge in [0.1, 0.15) is 18.7 Å². The van der Waals surface area contributed by atoms with Gasteiger partial charge in [0.25, 0.3) is 0 Å². The molecule has 3 aromatic carbocycles. The smallest absolute Gasteiger partial charge is 0.329 e. The predicted octanol–water partition coefficient (Wildman–Crippen LogP) is 3.23. The van der Waals surface area contributed by atoms with Crippen molar-refractivity contribution >= 4 is 23.5 Å². The fourth-order valence-electron chi connectivity index (χ4n) is 4.16. The Hall–Kier alpha value is -4.13. The molecule has 2 atom stereocenters. The van der Waals surface area contributed by atoms with Gasteiger partial charge in [-0.15, -0.1) is 0 Å². The second-order valence-electron chi connectivity index (χ2n) is 8.66. The third kappa shape index (κ3) is 6.47. The van der Waals surface area contributed by atoms with Crippen LogP contribution in [0.2, 0.25) is 0 Å². The van der Waals surface area contributed by atoms with Crippen LogP contribution in [0.5, 0.6) is 0 Å². The van der Waals surface area contributed by atoms with Crippen LogP contribution < -0.4 is 11.1 Å². The van der Waals surface area contributed by atoms with Crippen LogP contribution in [-0.4, -0.2) is 34.8 Å². The average molecular weight is 472 g/mol. The first kappa shape index (κ1) is 24.0. The molecule has 35 heavy (non-hydrogen) atoms. The van der Waals surface area contributed by atoms with Crippen LogP contribution in [0, 0.1) is 0 Å². The lowest BCUT2D eigenvalue weighted by Crippen LogP contribution is -2.51. The number of nitrogens with one attached hydrogen (secondary N) is 1. The number of benzene rings is 3. The number of likely N-dealkylation sites (tertiary alicyclic amines) is 1. The van der Waals surface area contributed by atoms with E-state index < -0.39 is 18.1 Å². The molecular formula is C28H29N3O4. The Morgan fingerprint density at radius 3 is 2.20 bits per heavy atom. The van der Waals surface area contributed by atoms with Gasteiger partial charge >= 0.3 is 5.97 Å². The van der Waals surface area contributed by atoms with Gasteiger partial charge in [0.2, 0.25) is 11.8 Å². The zero-order valence-corrected chi connectivity index (χ0v) is 19.4. The third-order valence-electron chi connectivity index (χ3n) is 6.07. The van der Waals surface area contributed by atoms with E-state index in [0.29, 0.717) is 25.1 Å². The highest BCUT2D eigenvalue weighted by Crippen LogP contribution is 2.22. The lowest BCUT2D eigenvalue weighted by Gasteiger charge is -2.26. The van der Waals surface area contributed by atoms with E-state index in [4.69, 9.17) is 10.5 Å². The molecule has 180 valence electrons. The van der Waals surface area contributed by atoms with E-state index in [1.54, 1.807) is 17.0 Å². The largest absolute Gasteiger partial charge is 0.459 e. The van der Waals surface area contributed by atoms with Gasteiger partial charge in [0.05, 0.1) is 0 Å². The number of nitrogens with two attached hydrogens (primary N) is 1. The summed E-state index contributed by atoms with van der Waals surface area (Å²) in [6.45, 7) is 0.453. The zero-order valence-electron chi connectivity index (χ0n) is 19.4. The number of hydrogen-bond acceptors (Lipinski definition) is 5. The number of nitrogens with zero attached hydrogens (tertiary/aromatic N) is 1. The normalized spacial score (nSPS) is 16.1. The van der Waals surface area contributed by atoms with Crippen molar-refractivity contribution in [3.63, 3.8) is 0 Å². The van der Waals surface area contributed by atoms with Crippen molar-refractivity contribution in [1.82, 2.24) is 10.2 Å². The molecule has 1 aliphatic heterocycles. The van der Waals surface area contributed by atoms with Crippen LogP contribution in [0.3, 0.4) is 0 Å². The van der Waals surface area contributed by atoms with Gasteiger partial charge in [-0.2, -0.15) is 0 Å². The first-order valence-electron chi connectivity index (χ1n) is 11.7. The number of anilines is 1. The number of rotatable bonds is 9. The van der Waals surface area contributed by atoms with Gasteiger partial charge < -0.3 is 20.7 Å². The van der Waals surface area contributed by atoms with Crippen LogP contribution in [0.15, 0.2) is 84.9 Å². The highest BCUT2D eigenvalue weighted by molar-refractivity contribution is 5.93. The molecule has 0 saturated carbocycles. The first-order valence-corrected chi connectivity index (χ1v) is 11.7. The van der Waals surface area contributed by atoms with E-state index in [1.807, 2.05) is 72.8 Å². The van der Waals surface area contributed by atoms with Gasteiger partial charge in [0, 0.05) is 25.1 Å². The van der Waals surface area contributed by atoms with Crippen LogP contribution in [0.25, 0.3) is 0 Å². The molecule has 3 aromatic rings. The monoisotopic (exact) mass is 471 g/mol. The van der Waals surface area contributed by atoms with E-state index >= 15 is 0 Å². The Morgan fingerprint density at radius 1 is 0.914 bits per heavy atom. The molecule has 0 bridgehead atoms. The summed E-state index contributed by atoms with van der Waals surface area (Å²) in [4.78, 5) is 40.4. The van der Waals surface area contributed by atoms with Gasteiger partial charge in [-0.05, 0) is 35.2 Å². The fraction of sp³-hybridized carbons (Fsp3) is 0.250. The Morgan fingerprint density at radius 2 is 1.54 bits per heavy atom. The number of ether oxygens (including phenoxy) is 1. The molecule has 0 radical (unpaired) electrons. The second-order valence-corrected chi connectivity index (χ2v) is 8.66.